The third kappa shape index (κ3) is 3.24. The predicted molar refractivity (Wildman–Crippen MR) is 66.6 cm³/mol. The molecule has 0 heterocycles. The Bertz CT molecular complexity index is 439. The van der Waals surface area contributed by atoms with Gasteiger partial charge in [-0.25, -0.2) is 0 Å². The number of ketones is 1. The third-order valence-corrected chi connectivity index (χ3v) is 2.20. The van der Waals surface area contributed by atoms with Crippen molar-refractivity contribution in [2.75, 3.05) is 27.4 Å². The molecule has 0 aliphatic carbocycles. The number of rotatable bonds is 7. The molecule has 0 spiro atoms. The molecule has 0 amide bonds. The van der Waals surface area contributed by atoms with Crippen molar-refractivity contribution in [2.24, 2.45) is 0 Å². The summed E-state index contributed by atoms with van der Waals surface area (Å²) in [5, 5.41) is 9.84. The van der Waals surface area contributed by atoms with E-state index in [4.69, 9.17) is 14.2 Å². The molecule has 1 N–H and O–H groups in total. The molecule has 0 unspecified atom stereocenters. The molecule has 0 radical (unpaired) electrons. The summed E-state index contributed by atoms with van der Waals surface area (Å²) in [4.78, 5) is 11.7. The van der Waals surface area contributed by atoms with Gasteiger partial charge in [0, 0.05) is 19.2 Å². The normalized spacial score (nSPS) is 9.89. The fraction of sp³-hybridized carbons (Fsp3) is 0.308. The Kier molecular flexibility index (Phi) is 5.20. The first-order valence-corrected chi connectivity index (χ1v) is 5.30. The zero-order valence-corrected chi connectivity index (χ0v) is 10.4. The quantitative estimate of drug-likeness (QED) is 0.592. The molecule has 98 valence electrons. The van der Waals surface area contributed by atoms with Crippen LogP contribution in [0.3, 0.4) is 0 Å². The maximum absolute atomic E-state index is 11.7. The van der Waals surface area contributed by atoms with Crippen molar-refractivity contribution in [3.8, 4) is 17.2 Å². The first-order chi connectivity index (χ1) is 8.63. The van der Waals surface area contributed by atoms with Crippen LogP contribution in [0.15, 0.2) is 24.8 Å². The number of aromatic hydroxyl groups is 1. The second-order valence-electron chi connectivity index (χ2n) is 3.48. The Labute approximate surface area is 106 Å². The molecule has 1 aromatic carbocycles. The van der Waals surface area contributed by atoms with Gasteiger partial charge in [0.1, 0.15) is 36.0 Å². The molecule has 5 nitrogen and oxygen atoms in total. The Hall–Kier alpha value is -2.01. The molecule has 0 aliphatic heterocycles. The lowest BCUT2D eigenvalue weighted by Crippen LogP contribution is -2.09. The van der Waals surface area contributed by atoms with E-state index in [1.54, 1.807) is 6.08 Å². The van der Waals surface area contributed by atoms with Gasteiger partial charge in [-0.1, -0.05) is 12.7 Å². The van der Waals surface area contributed by atoms with E-state index < -0.39 is 0 Å². The van der Waals surface area contributed by atoms with Crippen LogP contribution in [0.2, 0.25) is 0 Å². The van der Waals surface area contributed by atoms with Crippen molar-refractivity contribution in [1.82, 2.24) is 0 Å². The summed E-state index contributed by atoms with van der Waals surface area (Å²) in [7, 11) is 2.82. The SMILES string of the molecule is C=CCOc1cc(O)c(C(=O)COC)c(OC)c1. The van der Waals surface area contributed by atoms with Gasteiger partial charge in [0.05, 0.1) is 7.11 Å². The van der Waals surface area contributed by atoms with Gasteiger partial charge in [0.15, 0.2) is 5.78 Å². The molecule has 0 atom stereocenters. The number of ether oxygens (including phenoxy) is 3. The fourth-order valence-corrected chi connectivity index (χ4v) is 1.46. The van der Waals surface area contributed by atoms with Crippen molar-refractivity contribution in [1.29, 1.82) is 0 Å². The molecule has 1 rings (SSSR count). The number of carbonyl (C=O) groups is 1. The van der Waals surface area contributed by atoms with Crippen molar-refractivity contribution in [3.05, 3.63) is 30.4 Å². The molecular weight excluding hydrogens is 236 g/mol. The fourth-order valence-electron chi connectivity index (χ4n) is 1.46. The number of Topliss-reactive ketones (excluding diaryl/α,β-unsaturated/α-hetero) is 1. The van der Waals surface area contributed by atoms with E-state index in [1.165, 1.54) is 26.4 Å². The van der Waals surface area contributed by atoms with Gasteiger partial charge in [0.25, 0.3) is 0 Å². The molecule has 0 aromatic heterocycles. The summed E-state index contributed by atoms with van der Waals surface area (Å²) in [6.07, 6.45) is 1.58. The van der Waals surface area contributed by atoms with Gasteiger partial charge >= 0.3 is 0 Å². The lowest BCUT2D eigenvalue weighted by molar-refractivity contribution is 0.0842. The number of methoxy groups -OCH3 is 2. The van der Waals surface area contributed by atoms with Crippen molar-refractivity contribution >= 4 is 5.78 Å². The molecule has 0 saturated carbocycles. The largest absolute Gasteiger partial charge is 0.507 e. The summed E-state index contributed by atoms with van der Waals surface area (Å²) < 4.78 is 15.1. The van der Waals surface area contributed by atoms with Crippen LogP contribution in [-0.4, -0.2) is 38.3 Å². The van der Waals surface area contributed by atoms with Crippen LogP contribution in [0.25, 0.3) is 0 Å². The van der Waals surface area contributed by atoms with E-state index in [0.29, 0.717) is 12.4 Å². The zero-order valence-electron chi connectivity index (χ0n) is 10.4. The Morgan fingerprint density at radius 2 is 2.17 bits per heavy atom. The number of phenolic OH excluding ortho intramolecular Hbond substituents is 1. The average Bonchev–Trinajstić information content (AvgIpc) is 2.35. The van der Waals surface area contributed by atoms with Crippen molar-refractivity contribution < 1.29 is 24.1 Å². The van der Waals surface area contributed by atoms with Gasteiger partial charge in [0.2, 0.25) is 0 Å². The molecule has 5 heteroatoms. The first-order valence-electron chi connectivity index (χ1n) is 5.30. The summed E-state index contributed by atoms with van der Waals surface area (Å²) in [5.74, 6) is 0.0897. The summed E-state index contributed by atoms with van der Waals surface area (Å²) in [6.45, 7) is 3.69. The van der Waals surface area contributed by atoms with E-state index >= 15 is 0 Å². The molecule has 0 aliphatic rings. The van der Waals surface area contributed by atoms with Crippen molar-refractivity contribution in [2.45, 2.75) is 0 Å². The van der Waals surface area contributed by atoms with Crippen LogP contribution < -0.4 is 9.47 Å². The number of hydrogen-bond donors (Lipinski definition) is 1. The van der Waals surface area contributed by atoms with Gasteiger partial charge < -0.3 is 19.3 Å². The second-order valence-corrected chi connectivity index (χ2v) is 3.48. The highest BCUT2D eigenvalue weighted by Gasteiger charge is 2.18. The van der Waals surface area contributed by atoms with Crippen LogP contribution >= 0.6 is 0 Å². The van der Waals surface area contributed by atoms with Crippen molar-refractivity contribution in [3.63, 3.8) is 0 Å². The minimum absolute atomic E-state index is 0.0882. The smallest absolute Gasteiger partial charge is 0.195 e. The average molecular weight is 252 g/mol. The third-order valence-electron chi connectivity index (χ3n) is 2.20. The van der Waals surface area contributed by atoms with Crippen LogP contribution in [0.1, 0.15) is 10.4 Å². The van der Waals surface area contributed by atoms with Crippen LogP contribution in [0.5, 0.6) is 17.2 Å². The van der Waals surface area contributed by atoms with E-state index in [-0.39, 0.29) is 29.5 Å². The Morgan fingerprint density at radius 1 is 1.44 bits per heavy atom. The standard InChI is InChI=1S/C13H16O5/c1-4-5-18-9-6-10(14)13(11(15)8-16-2)12(7-9)17-3/h4,6-7,14H,1,5,8H2,2-3H3. The highest BCUT2D eigenvalue weighted by Crippen LogP contribution is 2.33. The monoisotopic (exact) mass is 252 g/mol. The molecule has 0 saturated heterocycles. The minimum atomic E-state index is -0.359. The number of carbonyl (C=O) groups excluding carboxylic acids is 1. The maximum Gasteiger partial charge on any atom is 0.195 e. The van der Waals surface area contributed by atoms with Crippen LogP contribution in [-0.2, 0) is 4.74 Å². The van der Waals surface area contributed by atoms with Gasteiger partial charge in [-0.3, -0.25) is 4.79 Å². The van der Waals surface area contributed by atoms with E-state index in [9.17, 15) is 9.90 Å². The van der Waals surface area contributed by atoms with Gasteiger partial charge in [-0.2, -0.15) is 0 Å². The zero-order chi connectivity index (χ0) is 13.5. The minimum Gasteiger partial charge on any atom is -0.507 e. The highest BCUT2D eigenvalue weighted by atomic mass is 16.5. The summed E-state index contributed by atoms with van der Waals surface area (Å²) in [5.41, 5.74) is 0.0882. The van der Waals surface area contributed by atoms with Crippen LogP contribution in [0.4, 0.5) is 0 Å². The predicted octanol–water partition coefficient (Wildman–Crippen LogP) is 1.79. The molecule has 18 heavy (non-hydrogen) atoms. The summed E-state index contributed by atoms with van der Waals surface area (Å²) in [6, 6.07) is 2.89. The molecule has 0 fully saturated rings. The van der Waals surface area contributed by atoms with Gasteiger partial charge in [-0.05, 0) is 0 Å². The Morgan fingerprint density at radius 3 is 2.72 bits per heavy atom. The maximum atomic E-state index is 11.7. The van der Waals surface area contributed by atoms with E-state index in [2.05, 4.69) is 6.58 Å². The molecule has 0 bridgehead atoms. The summed E-state index contributed by atoms with van der Waals surface area (Å²) >= 11 is 0. The molecule has 1 aromatic rings. The lowest BCUT2D eigenvalue weighted by atomic mass is 10.1. The number of hydrogen-bond acceptors (Lipinski definition) is 5. The first kappa shape index (κ1) is 14.1. The second kappa shape index (κ2) is 6.66. The van der Waals surface area contributed by atoms with E-state index in [0.717, 1.165) is 0 Å². The molecular formula is C13H16O5. The van der Waals surface area contributed by atoms with Crippen LogP contribution in [0, 0.1) is 0 Å². The lowest BCUT2D eigenvalue weighted by Gasteiger charge is -2.12. The Balaban J connectivity index is 3.11. The number of benzene rings is 1. The highest BCUT2D eigenvalue weighted by molar-refractivity contribution is 6.02. The number of phenols is 1. The topological polar surface area (TPSA) is 65.0 Å². The van der Waals surface area contributed by atoms with Gasteiger partial charge in [-0.15, -0.1) is 0 Å². The van der Waals surface area contributed by atoms with E-state index in [1.807, 2.05) is 0 Å².